The third kappa shape index (κ3) is 6.46. The van der Waals surface area contributed by atoms with Crippen LogP contribution < -0.4 is 10.6 Å². The van der Waals surface area contributed by atoms with Crippen molar-refractivity contribution in [3.63, 3.8) is 0 Å². The number of rotatable bonds is 8. The topological polar surface area (TPSA) is 53.5 Å². The molecule has 0 aliphatic carbocycles. The van der Waals surface area contributed by atoms with Crippen molar-refractivity contribution in [3.05, 3.63) is 65.5 Å². The standard InChI is InChI=1S/C19H24FN3OS2/c1-21-19(22-10-11-26(24)18-6-4-3-5-7-18)23-13-15-8-9-17(20)12-16(15)14-25-2/h3-9,12H,10-11,13-14H2,1-2H3,(H2,21,22,23). The van der Waals surface area contributed by atoms with Crippen molar-refractivity contribution >= 4 is 28.5 Å². The summed E-state index contributed by atoms with van der Waals surface area (Å²) in [4.78, 5) is 5.01. The maximum atomic E-state index is 13.4. The summed E-state index contributed by atoms with van der Waals surface area (Å²) in [7, 11) is 0.651. The van der Waals surface area contributed by atoms with Crippen LogP contribution in [0, 0.1) is 5.82 Å². The van der Waals surface area contributed by atoms with Crippen LogP contribution >= 0.6 is 11.8 Å². The van der Waals surface area contributed by atoms with Gasteiger partial charge in [-0.2, -0.15) is 11.8 Å². The second-order valence-electron chi connectivity index (χ2n) is 5.56. The first-order chi connectivity index (χ1) is 12.6. The molecule has 2 rings (SSSR count). The van der Waals surface area contributed by atoms with Crippen molar-refractivity contribution in [2.45, 2.75) is 17.2 Å². The van der Waals surface area contributed by atoms with E-state index >= 15 is 0 Å². The van der Waals surface area contributed by atoms with Gasteiger partial charge in [0.1, 0.15) is 5.82 Å². The van der Waals surface area contributed by atoms with Gasteiger partial charge in [-0.3, -0.25) is 9.20 Å². The Kier molecular flexibility index (Phi) is 8.64. The lowest BCUT2D eigenvalue weighted by atomic mass is 10.1. The first-order valence-electron chi connectivity index (χ1n) is 8.28. The lowest BCUT2D eigenvalue weighted by Gasteiger charge is -2.14. The molecule has 0 aliphatic heterocycles. The predicted molar refractivity (Wildman–Crippen MR) is 110 cm³/mol. The van der Waals surface area contributed by atoms with Gasteiger partial charge in [0.2, 0.25) is 0 Å². The number of nitrogens with zero attached hydrogens (tertiary/aromatic N) is 1. The van der Waals surface area contributed by atoms with Crippen LogP contribution in [0.2, 0.25) is 0 Å². The van der Waals surface area contributed by atoms with Gasteiger partial charge in [0.05, 0.1) is 10.8 Å². The van der Waals surface area contributed by atoms with Gasteiger partial charge in [-0.15, -0.1) is 0 Å². The molecule has 1 atom stereocenters. The molecule has 2 N–H and O–H groups in total. The molecule has 0 saturated carbocycles. The number of benzene rings is 2. The number of nitrogens with one attached hydrogen (secondary N) is 2. The maximum absolute atomic E-state index is 13.4. The minimum atomic E-state index is -1.04. The zero-order valence-electron chi connectivity index (χ0n) is 15.0. The van der Waals surface area contributed by atoms with Crippen molar-refractivity contribution in [1.82, 2.24) is 10.6 Å². The summed E-state index contributed by atoms with van der Waals surface area (Å²) in [6, 6.07) is 14.3. The van der Waals surface area contributed by atoms with Gasteiger partial charge < -0.3 is 10.6 Å². The Morgan fingerprint density at radius 1 is 1.15 bits per heavy atom. The molecule has 26 heavy (non-hydrogen) atoms. The van der Waals surface area contributed by atoms with Crippen molar-refractivity contribution < 1.29 is 8.60 Å². The molecule has 0 radical (unpaired) electrons. The molecule has 4 nitrogen and oxygen atoms in total. The molecule has 0 fully saturated rings. The summed E-state index contributed by atoms with van der Waals surface area (Å²) in [6.45, 7) is 1.10. The molecule has 0 saturated heterocycles. The second kappa shape index (κ2) is 11.0. The average Bonchev–Trinajstić information content (AvgIpc) is 2.66. The Hall–Kier alpha value is -1.86. The molecule has 7 heteroatoms. The zero-order chi connectivity index (χ0) is 18.8. The lowest BCUT2D eigenvalue weighted by molar-refractivity contribution is 0.625. The molecule has 0 bridgehead atoms. The summed E-state index contributed by atoms with van der Waals surface area (Å²) >= 11 is 1.66. The average molecular weight is 394 g/mol. The molecule has 2 aromatic rings. The predicted octanol–water partition coefficient (Wildman–Crippen LogP) is 3.16. The fourth-order valence-electron chi connectivity index (χ4n) is 2.41. The first-order valence-corrected chi connectivity index (χ1v) is 11.0. The van der Waals surface area contributed by atoms with Gasteiger partial charge in [0, 0.05) is 36.5 Å². The SMILES string of the molecule is CN=C(NCCS(=O)c1ccccc1)NCc1ccc(F)cc1CSC. The van der Waals surface area contributed by atoms with Gasteiger partial charge in [-0.1, -0.05) is 24.3 Å². The monoisotopic (exact) mass is 393 g/mol. The lowest BCUT2D eigenvalue weighted by Crippen LogP contribution is -2.38. The Morgan fingerprint density at radius 3 is 2.62 bits per heavy atom. The van der Waals surface area contributed by atoms with Crippen LogP contribution in [0.25, 0.3) is 0 Å². The largest absolute Gasteiger partial charge is 0.355 e. The van der Waals surface area contributed by atoms with Gasteiger partial charge in [0.25, 0.3) is 0 Å². The van der Waals surface area contributed by atoms with E-state index in [1.54, 1.807) is 30.9 Å². The van der Waals surface area contributed by atoms with Gasteiger partial charge in [-0.25, -0.2) is 4.39 Å². The Labute approximate surface area is 161 Å². The maximum Gasteiger partial charge on any atom is 0.191 e. The Morgan fingerprint density at radius 2 is 1.92 bits per heavy atom. The van der Waals surface area contributed by atoms with Crippen molar-refractivity contribution in [1.29, 1.82) is 0 Å². The highest BCUT2D eigenvalue weighted by Gasteiger charge is 2.07. The molecule has 0 heterocycles. The third-order valence-corrected chi connectivity index (χ3v) is 5.70. The number of thioether (sulfide) groups is 1. The molecule has 0 spiro atoms. The van der Waals surface area contributed by atoms with Gasteiger partial charge in [-0.05, 0) is 41.6 Å². The van der Waals surface area contributed by atoms with Crippen LogP contribution in [-0.4, -0.2) is 35.8 Å². The fraction of sp³-hybridized carbons (Fsp3) is 0.316. The van der Waals surface area contributed by atoms with E-state index in [0.717, 1.165) is 21.8 Å². The number of hydrogen-bond acceptors (Lipinski definition) is 3. The van der Waals surface area contributed by atoms with Crippen LogP contribution in [0.3, 0.4) is 0 Å². The summed E-state index contributed by atoms with van der Waals surface area (Å²) in [5.74, 6) is 1.67. The summed E-state index contributed by atoms with van der Waals surface area (Å²) < 4.78 is 25.6. The van der Waals surface area contributed by atoms with E-state index in [0.29, 0.717) is 24.8 Å². The van der Waals surface area contributed by atoms with Crippen molar-refractivity contribution in [3.8, 4) is 0 Å². The molecule has 140 valence electrons. The molecule has 2 aromatic carbocycles. The highest BCUT2D eigenvalue weighted by atomic mass is 32.2. The number of aliphatic imine (C=N–C) groups is 1. The van der Waals surface area contributed by atoms with Crippen molar-refractivity contribution in [2.24, 2.45) is 4.99 Å². The Balaban J connectivity index is 1.84. The quantitative estimate of drug-likeness (QED) is 0.534. The third-order valence-electron chi connectivity index (χ3n) is 3.72. The Bertz CT molecular complexity index is 754. The normalized spacial score (nSPS) is 12.7. The molecule has 0 aromatic heterocycles. The number of halogens is 1. The fourth-order valence-corrected chi connectivity index (χ4v) is 3.97. The van der Waals surface area contributed by atoms with E-state index in [1.165, 1.54) is 6.07 Å². The molecule has 1 unspecified atom stereocenters. The molecule has 0 aliphatic rings. The van der Waals surface area contributed by atoms with E-state index in [2.05, 4.69) is 15.6 Å². The highest BCUT2D eigenvalue weighted by Crippen LogP contribution is 2.16. The van der Waals surface area contributed by atoms with Crippen LogP contribution in [0.5, 0.6) is 0 Å². The van der Waals surface area contributed by atoms with Crippen LogP contribution in [0.4, 0.5) is 4.39 Å². The molecule has 0 amide bonds. The summed E-state index contributed by atoms with van der Waals surface area (Å²) in [5.41, 5.74) is 2.02. The van der Waals surface area contributed by atoms with E-state index in [9.17, 15) is 8.60 Å². The highest BCUT2D eigenvalue weighted by molar-refractivity contribution is 7.97. The van der Waals surface area contributed by atoms with Gasteiger partial charge >= 0.3 is 0 Å². The van der Waals surface area contributed by atoms with Crippen LogP contribution in [0.15, 0.2) is 58.4 Å². The van der Waals surface area contributed by atoms with E-state index in [-0.39, 0.29) is 5.82 Å². The van der Waals surface area contributed by atoms with Gasteiger partial charge in [0.15, 0.2) is 5.96 Å². The first kappa shape index (κ1) is 20.5. The van der Waals surface area contributed by atoms with E-state index < -0.39 is 10.8 Å². The second-order valence-corrected chi connectivity index (χ2v) is 8.00. The van der Waals surface area contributed by atoms with Crippen LogP contribution in [-0.2, 0) is 23.1 Å². The van der Waals surface area contributed by atoms with Crippen LogP contribution in [0.1, 0.15) is 11.1 Å². The van der Waals surface area contributed by atoms with Crippen molar-refractivity contribution in [2.75, 3.05) is 25.6 Å². The smallest absolute Gasteiger partial charge is 0.191 e. The zero-order valence-corrected chi connectivity index (χ0v) is 16.6. The number of hydrogen-bond donors (Lipinski definition) is 2. The van der Waals surface area contributed by atoms with E-state index in [4.69, 9.17) is 0 Å². The minimum Gasteiger partial charge on any atom is -0.355 e. The summed E-state index contributed by atoms with van der Waals surface area (Å²) in [5, 5.41) is 6.40. The molecular weight excluding hydrogens is 369 g/mol. The molecular formula is C19H24FN3OS2. The summed E-state index contributed by atoms with van der Waals surface area (Å²) in [6.07, 6.45) is 2.00. The van der Waals surface area contributed by atoms with E-state index in [1.807, 2.05) is 36.6 Å². The minimum absolute atomic E-state index is 0.219. The number of guanidine groups is 1.